The summed E-state index contributed by atoms with van der Waals surface area (Å²) in [5.41, 5.74) is 1.49. The van der Waals surface area contributed by atoms with Gasteiger partial charge in [-0.1, -0.05) is 18.2 Å². The van der Waals surface area contributed by atoms with Crippen LogP contribution in [0.25, 0.3) is 0 Å². The van der Waals surface area contributed by atoms with E-state index in [1.807, 2.05) is 0 Å². The highest BCUT2D eigenvalue weighted by Crippen LogP contribution is 2.14. The smallest absolute Gasteiger partial charge is 0.243 e. The number of hydrogen-bond donors (Lipinski definition) is 1. The molecule has 2 rings (SSSR count). The molecule has 6 heteroatoms. The van der Waals surface area contributed by atoms with Crippen molar-refractivity contribution in [2.24, 2.45) is 5.14 Å². The Hall–Kier alpha value is -1.79. The van der Waals surface area contributed by atoms with E-state index in [1.54, 1.807) is 24.3 Å². The summed E-state index contributed by atoms with van der Waals surface area (Å²) in [6, 6.07) is 9.42. The number of nitrogens with two attached hydrogens (primary N) is 1. The molecule has 0 atom stereocenters. The van der Waals surface area contributed by atoms with Gasteiger partial charge in [0.25, 0.3) is 10.0 Å². The van der Waals surface area contributed by atoms with E-state index in [-0.39, 0.29) is 10.8 Å². The van der Waals surface area contributed by atoms with Gasteiger partial charge in [0.05, 0.1) is 0 Å². The zero-order valence-corrected chi connectivity index (χ0v) is 10.9. The Kier molecular flexibility index (Phi) is 3.92. The van der Waals surface area contributed by atoms with Gasteiger partial charge in [-0.15, -0.1) is 0 Å². The lowest BCUT2D eigenvalue weighted by molar-refractivity contribution is 0.592. The molecule has 0 amide bonds. The van der Waals surface area contributed by atoms with E-state index in [4.69, 9.17) is 5.14 Å². The summed E-state index contributed by atoms with van der Waals surface area (Å²) in [7, 11) is -3.82. The number of primary sulfonamides is 1. The van der Waals surface area contributed by atoms with Gasteiger partial charge in [-0.25, -0.2) is 22.9 Å². The van der Waals surface area contributed by atoms with E-state index < -0.39 is 10.0 Å². The van der Waals surface area contributed by atoms with E-state index in [1.165, 1.54) is 18.3 Å². The van der Waals surface area contributed by atoms with Crippen molar-refractivity contribution in [3.63, 3.8) is 0 Å². The van der Waals surface area contributed by atoms with E-state index in [9.17, 15) is 12.8 Å². The SMILES string of the molecule is NS(=O)(=O)c1ncccc1CCc1ccc(F)cc1. The highest BCUT2D eigenvalue weighted by atomic mass is 32.2. The molecular weight excluding hydrogens is 267 g/mol. The topological polar surface area (TPSA) is 73.1 Å². The second-order valence-electron chi connectivity index (χ2n) is 4.14. The minimum absolute atomic E-state index is 0.0999. The fourth-order valence-electron chi connectivity index (χ4n) is 1.80. The van der Waals surface area contributed by atoms with Gasteiger partial charge in [0, 0.05) is 6.20 Å². The first-order chi connectivity index (χ1) is 8.97. The highest BCUT2D eigenvalue weighted by molar-refractivity contribution is 7.89. The molecule has 2 aromatic rings. The molecule has 1 heterocycles. The molecule has 0 fully saturated rings. The lowest BCUT2D eigenvalue weighted by Gasteiger charge is -2.06. The van der Waals surface area contributed by atoms with E-state index >= 15 is 0 Å². The van der Waals surface area contributed by atoms with Crippen LogP contribution in [0.15, 0.2) is 47.6 Å². The number of sulfonamides is 1. The number of hydrogen-bond acceptors (Lipinski definition) is 3. The number of aromatic nitrogens is 1. The molecule has 0 saturated heterocycles. The average molecular weight is 280 g/mol. The van der Waals surface area contributed by atoms with Crippen LogP contribution in [0.1, 0.15) is 11.1 Å². The van der Waals surface area contributed by atoms with Gasteiger partial charge in [-0.05, 0) is 42.2 Å². The molecule has 0 bridgehead atoms. The molecule has 4 nitrogen and oxygen atoms in total. The fraction of sp³-hybridized carbons (Fsp3) is 0.154. The Morgan fingerprint density at radius 1 is 1.11 bits per heavy atom. The lowest BCUT2D eigenvalue weighted by atomic mass is 10.1. The second-order valence-corrected chi connectivity index (χ2v) is 5.62. The van der Waals surface area contributed by atoms with Gasteiger partial charge in [0.1, 0.15) is 5.82 Å². The summed E-state index contributed by atoms with van der Waals surface area (Å²) >= 11 is 0. The molecule has 0 aliphatic carbocycles. The first kappa shape index (κ1) is 13.6. The van der Waals surface area contributed by atoms with E-state index in [0.717, 1.165) is 5.56 Å². The number of benzene rings is 1. The monoisotopic (exact) mass is 280 g/mol. The molecular formula is C13H13FN2O2S. The molecule has 2 N–H and O–H groups in total. The first-order valence-electron chi connectivity index (χ1n) is 5.68. The van der Waals surface area contributed by atoms with Crippen molar-refractivity contribution in [1.29, 1.82) is 0 Å². The maximum atomic E-state index is 12.8. The zero-order chi connectivity index (χ0) is 13.9. The van der Waals surface area contributed by atoms with Crippen LogP contribution in [0.3, 0.4) is 0 Å². The van der Waals surface area contributed by atoms with Gasteiger partial charge >= 0.3 is 0 Å². The summed E-state index contributed by atoms with van der Waals surface area (Å²) in [4.78, 5) is 3.80. The minimum atomic E-state index is -3.82. The predicted octanol–water partition coefficient (Wildman–Crippen LogP) is 1.65. The van der Waals surface area contributed by atoms with Crippen LogP contribution in [0, 0.1) is 5.82 Å². The largest absolute Gasteiger partial charge is 0.255 e. The van der Waals surface area contributed by atoms with Gasteiger partial charge in [-0.2, -0.15) is 0 Å². The van der Waals surface area contributed by atoms with Gasteiger partial charge in [0.2, 0.25) is 0 Å². The second kappa shape index (κ2) is 5.46. The summed E-state index contributed by atoms with van der Waals surface area (Å²) < 4.78 is 35.5. The van der Waals surface area contributed by atoms with Crippen LogP contribution in [-0.4, -0.2) is 13.4 Å². The van der Waals surface area contributed by atoms with Gasteiger partial charge in [-0.3, -0.25) is 0 Å². The molecule has 0 aliphatic rings. The Morgan fingerprint density at radius 3 is 2.42 bits per heavy atom. The number of nitrogens with zero attached hydrogens (tertiary/aromatic N) is 1. The molecule has 0 saturated carbocycles. The molecule has 1 aromatic heterocycles. The van der Waals surface area contributed by atoms with Crippen LogP contribution in [0.4, 0.5) is 4.39 Å². The Morgan fingerprint density at radius 2 is 1.79 bits per heavy atom. The Labute approximate surface area is 111 Å². The summed E-state index contributed by atoms with van der Waals surface area (Å²) in [5, 5.41) is 5.01. The number of halogens is 1. The van der Waals surface area contributed by atoms with Crippen molar-refractivity contribution in [1.82, 2.24) is 4.98 Å². The van der Waals surface area contributed by atoms with Crippen LogP contribution in [0.5, 0.6) is 0 Å². The quantitative estimate of drug-likeness (QED) is 0.925. The summed E-state index contributed by atoms with van der Waals surface area (Å²) in [6.45, 7) is 0. The maximum absolute atomic E-state index is 12.8. The van der Waals surface area contributed by atoms with Crippen molar-refractivity contribution in [3.8, 4) is 0 Å². The van der Waals surface area contributed by atoms with Crippen molar-refractivity contribution in [2.75, 3.05) is 0 Å². The minimum Gasteiger partial charge on any atom is -0.243 e. The third-order valence-electron chi connectivity index (χ3n) is 2.72. The standard InChI is InChI=1S/C13H13FN2O2S/c14-12-7-4-10(5-8-12)3-6-11-2-1-9-16-13(11)19(15,17)18/h1-2,4-5,7-9H,3,6H2,(H2,15,17,18). The van der Waals surface area contributed by atoms with Crippen LogP contribution in [-0.2, 0) is 22.9 Å². The fourth-order valence-corrected chi connectivity index (χ4v) is 2.54. The lowest BCUT2D eigenvalue weighted by Crippen LogP contribution is -2.16. The molecule has 100 valence electrons. The van der Waals surface area contributed by atoms with E-state index in [2.05, 4.69) is 4.98 Å². The number of rotatable bonds is 4. The highest BCUT2D eigenvalue weighted by Gasteiger charge is 2.14. The summed E-state index contributed by atoms with van der Waals surface area (Å²) in [6.07, 6.45) is 2.46. The number of aryl methyl sites for hydroxylation is 2. The van der Waals surface area contributed by atoms with Crippen molar-refractivity contribution in [2.45, 2.75) is 17.9 Å². The van der Waals surface area contributed by atoms with Crippen molar-refractivity contribution in [3.05, 3.63) is 59.5 Å². The average Bonchev–Trinajstić information content (AvgIpc) is 2.37. The third-order valence-corrected chi connectivity index (χ3v) is 3.62. The summed E-state index contributed by atoms with van der Waals surface area (Å²) in [5.74, 6) is -0.296. The van der Waals surface area contributed by atoms with Crippen LogP contribution >= 0.6 is 0 Å². The molecule has 0 spiro atoms. The molecule has 19 heavy (non-hydrogen) atoms. The van der Waals surface area contributed by atoms with Crippen molar-refractivity contribution < 1.29 is 12.8 Å². The number of pyridine rings is 1. The first-order valence-corrected chi connectivity index (χ1v) is 7.22. The Bertz CT molecular complexity index is 669. The third kappa shape index (κ3) is 3.59. The van der Waals surface area contributed by atoms with E-state index in [0.29, 0.717) is 18.4 Å². The molecule has 1 aromatic carbocycles. The molecule has 0 radical (unpaired) electrons. The predicted molar refractivity (Wildman–Crippen MR) is 69.4 cm³/mol. The molecule has 0 aliphatic heterocycles. The van der Waals surface area contributed by atoms with Crippen LogP contribution < -0.4 is 5.14 Å². The zero-order valence-electron chi connectivity index (χ0n) is 10.1. The Balaban J connectivity index is 2.18. The normalized spacial score (nSPS) is 11.5. The maximum Gasteiger partial charge on any atom is 0.255 e. The molecule has 0 unspecified atom stereocenters. The van der Waals surface area contributed by atoms with Crippen molar-refractivity contribution >= 4 is 10.0 Å². The van der Waals surface area contributed by atoms with Crippen LogP contribution in [0.2, 0.25) is 0 Å². The van der Waals surface area contributed by atoms with Gasteiger partial charge < -0.3 is 0 Å². The van der Waals surface area contributed by atoms with Gasteiger partial charge in [0.15, 0.2) is 5.03 Å².